The van der Waals surface area contributed by atoms with Crippen molar-refractivity contribution >= 4 is 34.3 Å². The third kappa shape index (κ3) is 5.53. The first-order chi connectivity index (χ1) is 15.3. The van der Waals surface area contributed by atoms with Gasteiger partial charge < -0.3 is 9.88 Å². The first-order valence-electron chi connectivity index (χ1n) is 10.5. The highest BCUT2D eigenvalue weighted by Gasteiger charge is 2.22. The monoisotopic (exact) mass is 454 g/mol. The molecule has 0 saturated heterocycles. The van der Waals surface area contributed by atoms with Gasteiger partial charge in [0, 0.05) is 18.2 Å². The number of nitro groups is 1. The number of rotatable bonds is 9. The maximum Gasteiger partial charge on any atom is 0.283 e. The molecular formula is C23H26N4O4S. The number of benzene rings is 2. The standard InChI is InChI=1S/C23H26N4O4S/c1-4-26(14-21-24-18-8-6-5-7-17(18)22(28)25-21)23(29)16-9-10-20(19(13-16)27(30)31)32-12-11-15(2)3/h5-10,13,15H,4,11-12,14H2,1-3H3,(H,24,25,28). The summed E-state index contributed by atoms with van der Waals surface area (Å²) < 4.78 is 0. The van der Waals surface area contributed by atoms with Crippen LogP contribution in [-0.4, -0.2) is 38.0 Å². The lowest BCUT2D eigenvalue weighted by Gasteiger charge is -2.20. The smallest absolute Gasteiger partial charge is 0.283 e. The molecule has 0 radical (unpaired) electrons. The van der Waals surface area contributed by atoms with E-state index in [0.717, 1.165) is 12.2 Å². The van der Waals surface area contributed by atoms with Crippen LogP contribution in [0.2, 0.25) is 0 Å². The summed E-state index contributed by atoms with van der Waals surface area (Å²) in [5, 5.41) is 12.1. The predicted molar refractivity (Wildman–Crippen MR) is 126 cm³/mol. The van der Waals surface area contributed by atoms with E-state index in [2.05, 4.69) is 23.8 Å². The Morgan fingerprint density at radius 2 is 2.00 bits per heavy atom. The van der Waals surface area contributed by atoms with E-state index in [1.54, 1.807) is 36.4 Å². The molecule has 0 aliphatic heterocycles. The molecule has 2 aromatic carbocycles. The molecule has 3 aromatic rings. The van der Waals surface area contributed by atoms with Gasteiger partial charge in [-0.3, -0.25) is 19.7 Å². The van der Waals surface area contributed by atoms with Gasteiger partial charge in [-0.05, 0) is 49.3 Å². The highest BCUT2D eigenvalue weighted by atomic mass is 32.2. The van der Waals surface area contributed by atoms with Crippen LogP contribution in [0, 0.1) is 16.0 Å². The molecule has 1 N–H and O–H groups in total. The van der Waals surface area contributed by atoms with Gasteiger partial charge in [-0.25, -0.2) is 4.98 Å². The summed E-state index contributed by atoms with van der Waals surface area (Å²) >= 11 is 1.43. The van der Waals surface area contributed by atoms with E-state index >= 15 is 0 Å². The molecule has 1 amide bonds. The summed E-state index contributed by atoms with van der Waals surface area (Å²) in [5.74, 6) is 1.29. The van der Waals surface area contributed by atoms with Gasteiger partial charge >= 0.3 is 0 Å². The summed E-state index contributed by atoms with van der Waals surface area (Å²) in [6.07, 6.45) is 0.947. The lowest BCUT2D eigenvalue weighted by molar-refractivity contribution is -0.387. The number of amides is 1. The molecular weight excluding hydrogens is 428 g/mol. The molecule has 0 aliphatic carbocycles. The number of nitrogens with one attached hydrogen (secondary N) is 1. The largest absolute Gasteiger partial charge is 0.331 e. The first kappa shape index (κ1) is 23.5. The van der Waals surface area contributed by atoms with Gasteiger partial charge in [0.1, 0.15) is 5.82 Å². The Morgan fingerprint density at radius 1 is 1.25 bits per heavy atom. The van der Waals surface area contributed by atoms with Crippen molar-refractivity contribution < 1.29 is 9.72 Å². The number of carbonyl (C=O) groups excluding carboxylic acids is 1. The highest BCUT2D eigenvalue weighted by molar-refractivity contribution is 7.99. The van der Waals surface area contributed by atoms with Crippen LogP contribution in [-0.2, 0) is 6.54 Å². The zero-order chi connectivity index (χ0) is 23.3. The molecule has 0 saturated carbocycles. The normalized spacial score (nSPS) is 11.1. The lowest BCUT2D eigenvalue weighted by atomic mass is 10.1. The van der Waals surface area contributed by atoms with Crippen LogP contribution in [0.4, 0.5) is 5.69 Å². The molecule has 0 spiro atoms. The average Bonchev–Trinajstić information content (AvgIpc) is 2.77. The minimum atomic E-state index is -0.451. The lowest BCUT2D eigenvalue weighted by Crippen LogP contribution is -2.32. The molecule has 168 valence electrons. The number of fused-ring (bicyclic) bond motifs is 1. The zero-order valence-electron chi connectivity index (χ0n) is 18.3. The number of nitrogens with zero attached hydrogens (tertiary/aromatic N) is 3. The molecule has 3 rings (SSSR count). The number of hydrogen-bond donors (Lipinski definition) is 1. The number of carbonyl (C=O) groups is 1. The fourth-order valence-electron chi connectivity index (χ4n) is 3.22. The summed E-state index contributed by atoms with van der Waals surface area (Å²) in [6, 6.07) is 11.6. The Labute approximate surface area is 190 Å². The van der Waals surface area contributed by atoms with Crippen molar-refractivity contribution in [3.63, 3.8) is 0 Å². The van der Waals surface area contributed by atoms with Crippen molar-refractivity contribution in [3.05, 3.63) is 74.3 Å². The van der Waals surface area contributed by atoms with Gasteiger partial charge in [-0.2, -0.15) is 0 Å². The van der Waals surface area contributed by atoms with Crippen LogP contribution in [0.25, 0.3) is 10.9 Å². The second-order valence-electron chi connectivity index (χ2n) is 7.82. The fourth-order valence-corrected chi connectivity index (χ4v) is 4.47. The Morgan fingerprint density at radius 3 is 2.69 bits per heavy atom. The van der Waals surface area contributed by atoms with Crippen molar-refractivity contribution in [3.8, 4) is 0 Å². The highest BCUT2D eigenvalue weighted by Crippen LogP contribution is 2.31. The van der Waals surface area contributed by atoms with E-state index in [4.69, 9.17) is 0 Å². The second-order valence-corrected chi connectivity index (χ2v) is 8.96. The van der Waals surface area contributed by atoms with Crippen LogP contribution in [0.5, 0.6) is 0 Å². The quantitative estimate of drug-likeness (QED) is 0.287. The Bertz CT molecular complexity index is 1190. The molecule has 32 heavy (non-hydrogen) atoms. The average molecular weight is 455 g/mol. The zero-order valence-corrected chi connectivity index (χ0v) is 19.1. The molecule has 0 fully saturated rings. The maximum atomic E-state index is 13.1. The van der Waals surface area contributed by atoms with Gasteiger partial charge in [0.15, 0.2) is 0 Å². The Kier molecular flexibility index (Phi) is 7.63. The van der Waals surface area contributed by atoms with Crippen LogP contribution < -0.4 is 5.56 Å². The number of aromatic amines is 1. The van der Waals surface area contributed by atoms with Crippen molar-refractivity contribution in [1.82, 2.24) is 14.9 Å². The molecule has 0 bridgehead atoms. The number of hydrogen-bond acceptors (Lipinski definition) is 6. The Balaban J connectivity index is 1.83. The summed E-state index contributed by atoms with van der Waals surface area (Å²) in [7, 11) is 0. The van der Waals surface area contributed by atoms with Crippen molar-refractivity contribution in [1.29, 1.82) is 0 Å². The van der Waals surface area contributed by atoms with E-state index in [1.165, 1.54) is 22.7 Å². The minimum absolute atomic E-state index is 0.0714. The van der Waals surface area contributed by atoms with Gasteiger partial charge in [-0.15, -0.1) is 11.8 Å². The first-order valence-corrected chi connectivity index (χ1v) is 11.5. The molecule has 0 atom stereocenters. The molecule has 0 aliphatic rings. The second kappa shape index (κ2) is 10.4. The van der Waals surface area contributed by atoms with Crippen molar-refractivity contribution in [2.24, 2.45) is 5.92 Å². The third-order valence-electron chi connectivity index (χ3n) is 5.03. The predicted octanol–water partition coefficient (Wildman–Crippen LogP) is 4.63. The maximum absolute atomic E-state index is 13.1. The van der Waals surface area contributed by atoms with Crippen molar-refractivity contribution in [2.75, 3.05) is 12.3 Å². The van der Waals surface area contributed by atoms with Crippen LogP contribution in [0.3, 0.4) is 0 Å². The van der Waals surface area contributed by atoms with Gasteiger partial charge in [0.2, 0.25) is 0 Å². The number of aromatic nitrogens is 2. The fraction of sp³-hybridized carbons (Fsp3) is 0.348. The summed E-state index contributed by atoms with van der Waals surface area (Å²) in [4.78, 5) is 45.8. The number of thioether (sulfide) groups is 1. The van der Waals surface area contributed by atoms with E-state index in [1.807, 2.05) is 6.92 Å². The molecule has 1 aromatic heterocycles. The number of nitro benzene ring substituents is 1. The van der Waals surface area contributed by atoms with Gasteiger partial charge in [0.05, 0.1) is 27.3 Å². The van der Waals surface area contributed by atoms with Crippen LogP contribution in [0.15, 0.2) is 52.2 Å². The molecule has 0 unspecified atom stereocenters. The van der Waals surface area contributed by atoms with Crippen LogP contribution >= 0.6 is 11.8 Å². The SMILES string of the molecule is CCN(Cc1nc2ccccc2c(=O)[nH]1)C(=O)c1ccc(SCCC(C)C)c([N+](=O)[O-])c1. The molecule has 9 heteroatoms. The molecule has 8 nitrogen and oxygen atoms in total. The Hall–Kier alpha value is -3.20. The molecule has 1 heterocycles. The topological polar surface area (TPSA) is 109 Å². The van der Waals surface area contributed by atoms with Crippen LogP contribution in [0.1, 0.15) is 43.4 Å². The van der Waals surface area contributed by atoms with E-state index in [-0.39, 0.29) is 29.3 Å². The van der Waals surface area contributed by atoms with E-state index < -0.39 is 4.92 Å². The van der Waals surface area contributed by atoms with Gasteiger partial charge in [0.25, 0.3) is 17.2 Å². The summed E-state index contributed by atoms with van der Waals surface area (Å²) in [5.41, 5.74) is 0.438. The van der Waals surface area contributed by atoms with E-state index in [0.29, 0.717) is 34.1 Å². The van der Waals surface area contributed by atoms with Gasteiger partial charge in [-0.1, -0.05) is 26.0 Å². The minimum Gasteiger partial charge on any atom is -0.331 e. The third-order valence-corrected chi connectivity index (χ3v) is 6.12. The number of H-pyrrole nitrogens is 1. The number of para-hydroxylation sites is 1. The van der Waals surface area contributed by atoms with Crippen molar-refractivity contribution in [2.45, 2.75) is 38.6 Å². The summed E-state index contributed by atoms with van der Waals surface area (Å²) in [6.45, 7) is 6.46. The van der Waals surface area contributed by atoms with E-state index in [9.17, 15) is 19.7 Å².